The van der Waals surface area contributed by atoms with Crippen molar-refractivity contribution in [2.24, 2.45) is 0 Å². The van der Waals surface area contributed by atoms with Crippen molar-refractivity contribution >= 4 is 17.5 Å². The SMILES string of the molecule is CCc1cccc(C)c1-c1ccc(CC)c(N2C(=O)C=CC2=O)c1C. The summed E-state index contributed by atoms with van der Waals surface area (Å²) >= 11 is 0. The van der Waals surface area contributed by atoms with E-state index in [1.807, 2.05) is 19.9 Å². The molecule has 128 valence electrons. The Morgan fingerprint density at radius 3 is 2.08 bits per heavy atom. The molecule has 1 aliphatic rings. The third kappa shape index (κ3) is 2.80. The maximum Gasteiger partial charge on any atom is 0.258 e. The topological polar surface area (TPSA) is 37.4 Å². The Bertz CT molecular complexity index is 875. The molecular weight excluding hydrogens is 310 g/mol. The van der Waals surface area contributed by atoms with Crippen LogP contribution in [0.1, 0.15) is 36.1 Å². The lowest BCUT2D eigenvalue weighted by atomic mass is 9.88. The van der Waals surface area contributed by atoms with Crippen LogP contribution in [0.4, 0.5) is 5.69 Å². The summed E-state index contributed by atoms with van der Waals surface area (Å²) in [5.74, 6) is -0.527. The second-order valence-corrected chi connectivity index (χ2v) is 6.41. The molecule has 0 atom stereocenters. The number of amides is 2. The van der Waals surface area contributed by atoms with Crippen molar-refractivity contribution in [2.75, 3.05) is 4.90 Å². The van der Waals surface area contributed by atoms with Crippen LogP contribution < -0.4 is 4.90 Å². The van der Waals surface area contributed by atoms with E-state index in [0.717, 1.165) is 35.2 Å². The fourth-order valence-corrected chi connectivity index (χ4v) is 3.65. The van der Waals surface area contributed by atoms with Gasteiger partial charge in [0.25, 0.3) is 11.8 Å². The molecule has 0 aromatic heterocycles. The van der Waals surface area contributed by atoms with E-state index in [-0.39, 0.29) is 11.8 Å². The Hall–Kier alpha value is -2.68. The Balaban J connectivity index is 2.28. The van der Waals surface area contributed by atoms with E-state index in [0.29, 0.717) is 0 Å². The molecule has 0 N–H and O–H groups in total. The predicted molar refractivity (Wildman–Crippen MR) is 102 cm³/mol. The van der Waals surface area contributed by atoms with E-state index in [1.165, 1.54) is 33.7 Å². The molecule has 3 heteroatoms. The van der Waals surface area contributed by atoms with Gasteiger partial charge in [0.1, 0.15) is 0 Å². The first-order valence-electron chi connectivity index (χ1n) is 8.77. The molecule has 2 aromatic rings. The summed E-state index contributed by atoms with van der Waals surface area (Å²) in [6.45, 7) is 8.30. The molecule has 2 aromatic carbocycles. The number of aryl methyl sites for hydroxylation is 3. The molecule has 0 aliphatic carbocycles. The smallest absolute Gasteiger partial charge is 0.258 e. The number of imide groups is 1. The second-order valence-electron chi connectivity index (χ2n) is 6.41. The molecule has 1 aliphatic heterocycles. The van der Waals surface area contributed by atoms with Crippen molar-refractivity contribution in [3.8, 4) is 11.1 Å². The highest BCUT2D eigenvalue weighted by atomic mass is 16.2. The number of hydrogen-bond donors (Lipinski definition) is 0. The molecule has 3 nitrogen and oxygen atoms in total. The van der Waals surface area contributed by atoms with Crippen molar-refractivity contribution in [3.63, 3.8) is 0 Å². The van der Waals surface area contributed by atoms with Gasteiger partial charge in [-0.05, 0) is 60.1 Å². The van der Waals surface area contributed by atoms with Crippen molar-refractivity contribution in [2.45, 2.75) is 40.5 Å². The van der Waals surface area contributed by atoms with E-state index < -0.39 is 0 Å². The van der Waals surface area contributed by atoms with Crippen LogP contribution in [0.25, 0.3) is 11.1 Å². The van der Waals surface area contributed by atoms with Gasteiger partial charge in [0, 0.05) is 12.2 Å². The number of benzene rings is 2. The number of carbonyl (C=O) groups excluding carboxylic acids is 2. The summed E-state index contributed by atoms with van der Waals surface area (Å²) in [7, 11) is 0. The number of nitrogens with zero attached hydrogens (tertiary/aromatic N) is 1. The van der Waals surface area contributed by atoms with Gasteiger partial charge in [-0.3, -0.25) is 9.59 Å². The van der Waals surface area contributed by atoms with E-state index in [9.17, 15) is 9.59 Å². The van der Waals surface area contributed by atoms with Gasteiger partial charge in [0.05, 0.1) is 5.69 Å². The number of carbonyl (C=O) groups is 2. The molecule has 0 unspecified atom stereocenters. The second kappa shape index (κ2) is 6.67. The van der Waals surface area contributed by atoms with Crippen LogP contribution in [0.2, 0.25) is 0 Å². The molecule has 0 saturated carbocycles. The zero-order chi connectivity index (χ0) is 18.1. The van der Waals surface area contributed by atoms with Crippen LogP contribution in [0.3, 0.4) is 0 Å². The molecule has 0 fully saturated rings. The van der Waals surface area contributed by atoms with E-state index in [4.69, 9.17) is 0 Å². The Labute approximate surface area is 149 Å². The van der Waals surface area contributed by atoms with Crippen molar-refractivity contribution in [1.29, 1.82) is 0 Å². The summed E-state index contributed by atoms with van der Waals surface area (Å²) in [5, 5.41) is 0. The van der Waals surface area contributed by atoms with Gasteiger partial charge in [-0.25, -0.2) is 4.90 Å². The van der Waals surface area contributed by atoms with Crippen LogP contribution in [-0.2, 0) is 22.4 Å². The highest BCUT2D eigenvalue weighted by Gasteiger charge is 2.29. The van der Waals surface area contributed by atoms with Gasteiger partial charge in [0.15, 0.2) is 0 Å². The van der Waals surface area contributed by atoms with Crippen LogP contribution >= 0.6 is 0 Å². The molecule has 3 rings (SSSR count). The highest BCUT2D eigenvalue weighted by Crippen LogP contribution is 2.38. The maximum atomic E-state index is 12.3. The van der Waals surface area contributed by atoms with Crippen LogP contribution in [0.15, 0.2) is 42.5 Å². The fraction of sp³-hybridized carbons (Fsp3) is 0.273. The van der Waals surface area contributed by atoms with E-state index in [2.05, 4.69) is 38.1 Å². The Morgan fingerprint density at radius 1 is 0.840 bits per heavy atom. The standard InChI is InChI=1S/C22H23NO2/c1-5-16-9-7-8-14(3)21(16)18-11-10-17(6-2)22(15(18)4)23-19(24)12-13-20(23)25/h7-13H,5-6H2,1-4H3. The molecule has 0 bridgehead atoms. The van der Waals surface area contributed by atoms with Crippen molar-refractivity contribution in [1.82, 2.24) is 0 Å². The number of rotatable bonds is 4. The quantitative estimate of drug-likeness (QED) is 0.771. The zero-order valence-electron chi connectivity index (χ0n) is 15.2. The summed E-state index contributed by atoms with van der Waals surface area (Å²) in [5.41, 5.74) is 7.51. The zero-order valence-corrected chi connectivity index (χ0v) is 15.2. The van der Waals surface area contributed by atoms with Crippen molar-refractivity contribution in [3.05, 3.63) is 64.7 Å². The van der Waals surface area contributed by atoms with Crippen LogP contribution in [0.5, 0.6) is 0 Å². The molecule has 1 heterocycles. The van der Waals surface area contributed by atoms with Gasteiger partial charge in [-0.15, -0.1) is 0 Å². The largest absolute Gasteiger partial charge is 0.269 e. The minimum Gasteiger partial charge on any atom is -0.269 e. The average molecular weight is 333 g/mol. The number of hydrogen-bond acceptors (Lipinski definition) is 2. The van der Waals surface area contributed by atoms with Gasteiger partial charge in [-0.2, -0.15) is 0 Å². The van der Waals surface area contributed by atoms with E-state index >= 15 is 0 Å². The molecule has 0 radical (unpaired) electrons. The minimum atomic E-state index is -0.263. The van der Waals surface area contributed by atoms with Gasteiger partial charge < -0.3 is 0 Å². The van der Waals surface area contributed by atoms with Gasteiger partial charge in [-0.1, -0.05) is 44.2 Å². The average Bonchev–Trinajstić information content (AvgIpc) is 2.93. The Morgan fingerprint density at radius 2 is 1.48 bits per heavy atom. The van der Waals surface area contributed by atoms with Crippen LogP contribution in [-0.4, -0.2) is 11.8 Å². The maximum absolute atomic E-state index is 12.3. The summed E-state index contributed by atoms with van der Waals surface area (Å²) in [4.78, 5) is 25.8. The monoisotopic (exact) mass is 333 g/mol. The third-order valence-corrected chi connectivity index (χ3v) is 4.94. The molecular formula is C22H23NO2. The first kappa shape index (κ1) is 17.2. The normalized spacial score (nSPS) is 13.8. The van der Waals surface area contributed by atoms with Gasteiger partial charge in [0.2, 0.25) is 0 Å². The number of anilines is 1. The lowest BCUT2D eigenvalue weighted by Gasteiger charge is -2.24. The predicted octanol–water partition coefficient (Wildman–Crippen LogP) is 4.52. The molecule has 2 amide bonds. The molecule has 25 heavy (non-hydrogen) atoms. The highest BCUT2D eigenvalue weighted by molar-refractivity contribution is 6.28. The Kier molecular flexibility index (Phi) is 4.58. The first-order valence-corrected chi connectivity index (χ1v) is 8.77. The van der Waals surface area contributed by atoms with E-state index in [1.54, 1.807) is 0 Å². The molecule has 0 spiro atoms. The first-order chi connectivity index (χ1) is 12.0. The van der Waals surface area contributed by atoms with Crippen molar-refractivity contribution < 1.29 is 9.59 Å². The lowest BCUT2D eigenvalue weighted by molar-refractivity contribution is -0.120. The lowest BCUT2D eigenvalue weighted by Crippen LogP contribution is -2.31. The summed E-state index contributed by atoms with van der Waals surface area (Å²) < 4.78 is 0. The van der Waals surface area contributed by atoms with Crippen LogP contribution in [0, 0.1) is 13.8 Å². The van der Waals surface area contributed by atoms with Gasteiger partial charge >= 0.3 is 0 Å². The fourth-order valence-electron chi connectivity index (χ4n) is 3.65. The summed E-state index contributed by atoms with van der Waals surface area (Å²) in [6.07, 6.45) is 4.39. The minimum absolute atomic E-state index is 0.263. The summed E-state index contributed by atoms with van der Waals surface area (Å²) in [6, 6.07) is 10.5. The molecule has 0 saturated heterocycles. The third-order valence-electron chi connectivity index (χ3n) is 4.94.